The number of ether oxygens (including phenoxy) is 1. The van der Waals surface area contributed by atoms with Crippen LogP contribution in [0.4, 0.5) is 11.4 Å². The molecule has 0 bridgehead atoms. The predicted molar refractivity (Wildman–Crippen MR) is 107 cm³/mol. The van der Waals surface area contributed by atoms with Gasteiger partial charge in [0.05, 0.1) is 11.3 Å². The largest absolute Gasteiger partial charge is 0.452 e. The van der Waals surface area contributed by atoms with Gasteiger partial charge < -0.3 is 15.8 Å². The molecule has 3 aromatic rings. The Morgan fingerprint density at radius 2 is 1.56 bits per heavy atom. The fraction of sp³-hybridized carbons (Fsp3) is 0.0476. The first-order valence-corrected chi connectivity index (χ1v) is 9.08. The van der Waals surface area contributed by atoms with Gasteiger partial charge in [0, 0.05) is 15.5 Å². The molecule has 0 aliphatic rings. The van der Waals surface area contributed by atoms with Crippen LogP contribution in [-0.4, -0.2) is 18.5 Å². The molecule has 0 spiro atoms. The van der Waals surface area contributed by atoms with E-state index in [0.717, 1.165) is 9.79 Å². The lowest BCUT2D eigenvalue weighted by atomic mass is 10.2. The normalized spacial score (nSPS) is 10.2. The Labute approximate surface area is 161 Å². The maximum absolute atomic E-state index is 12.2. The summed E-state index contributed by atoms with van der Waals surface area (Å²) < 4.78 is 5.06. The molecular formula is C21H18N2O3S. The van der Waals surface area contributed by atoms with E-state index in [1.54, 1.807) is 36.0 Å². The number of hydrogen-bond donors (Lipinski definition) is 2. The molecular weight excluding hydrogens is 360 g/mol. The molecule has 0 heterocycles. The Morgan fingerprint density at radius 3 is 2.30 bits per heavy atom. The van der Waals surface area contributed by atoms with Crippen LogP contribution in [0.2, 0.25) is 0 Å². The number of para-hydroxylation sites is 1. The van der Waals surface area contributed by atoms with Crippen molar-refractivity contribution >= 4 is 35.0 Å². The van der Waals surface area contributed by atoms with Gasteiger partial charge in [-0.3, -0.25) is 4.79 Å². The smallest absolute Gasteiger partial charge is 0.338 e. The molecule has 0 aliphatic heterocycles. The van der Waals surface area contributed by atoms with Crippen molar-refractivity contribution in [3.05, 3.63) is 84.4 Å². The van der Waals surface area contributed by atoms with Crippen molar-refractivity contribution in [3.8, 4) is 0 Å². The maximum atomic E-state index is 12.2. The molecule has 3 rings (SSSR count). The van der Waals surface area contributed by atoms with Crippen LogP contribution in [-0.2, 0) is 9.53 Å². The zero-order chi connectivity index (χ0) is 19.1. The Hall–Kier alpha value is -3.25. The van der Waals surface area contributed by atoms with Gasteiger partial charge in [-0.1, -0.05) is 42.1 Å². The number of nitrogens with two attached hydrogens (primary N) is 1. The highest BCUT2D eigenvalue weighted by atomic mass is 32.2. The van der Waals surface area contributed by atoms with Crippen molar-refractivity contribution in [2.24, 2.45) is 0 Å². The molecule has 136 valence electrons. The molecule has 0 unspecified atom stereocenters. The molecule has 6 heteroatoms. The topological polar surface area (TPSA) is 81.4 Å². The van der Waals surface area contributed by atoms with Crippen LogP contribution >= 0.6 is 11.8 Å². The van der Waals surface area contributed by atoms with Gasteiger partial charge in [0.1, 0.15) is 0 Å². The first-order valence-electron chi connectivity index (χ1n) is 8.26. The van der Waals surface area contributed by atoms with Crippen LogP contribution in [0.1, 0.15) is 10.4 Å². The third-order valence-electron chi connectivity index (χ3n) is 3.61. The standard InChI is InChI=1S/C21H18N2O3S/c22-16-12-10-15(11-13-16)21(25)26-14-20(24)23-18-8-4-5-9-19(18)27-17-6-2-1-3-7-17/h1-13H,14,22H2,(H,23,24). The number of rotatable bonds is 6. The minimum absolute atomic E-state index is 0.344. The van der Waals surface area contributed by atoms with E-state index < -0.39 is 11.9 Å². The highest BCUT2D eigenvalue weighted by Crippen LogP contribution is 2.33. The lowest BCUT2D eigenvalue weighted by Crippen LogP contribution is -2.21. The van der Waals surface area contributed by atoms with Gasteiger partial charge in [0.15, 0.2) is 6.61 Å². The minimum Gasteiger partial charge on any atom is -0.452 e. The van der Waals surface area contributed by atoms with E-state index in [4.69, 9.17) is 10.5 Å². The highest BCUT2D eigenvalue weighted by molar-refractivity contribution is 7.99. The van der Waals surface area contributed by atoms with Crippen molar-refractivity contribution in [2.75, 3.05) is 17.7 Å². The Morgan fingerprint density at radius 1 is 0.889 bits per heavy atom. The summed E-state index contributed by atoms with van der Waals surface area (Å²) in [5.41, 5.74) is 7.15. The summed E-state index contributed by atoms with van der Waals surface area (Å²) in [4.78, 5) is 26.1. The Kier molecular flexibility index (Phi) is 6.12. The Bertz CT molecular complexity index is 928. The molecule has 0 saturated carbocycles. The molecule has 27 heavy (non-hydrogen) atoms. The third kappa shape index (κ3) is 5.36. The second-order valence-electron chi connectivity index (χ2n) is 5.66. The number of hydrogen-bond acceptors (Lipinski definition) is 5. The first-order chi connectivity index (χ1) is 13.1. The summed E-state index contributed by atoms with van der Waals surface area (Å²) in [6, 6.07) is 23.7. The van der Waals surface area contributed by atoms with E-state index >= 15 is 0 Å². The van der Waals surface area contributed by atoms with E-state index in [-0.39, 0.29) is 6.61 Å². The summed E-state index contributed by atoms with van der Waals surface area (Å²) >= 11 is 1.54. The van der Waals surface area contributed by atoms with Gasteiger partial charge in [-0.2, -0.15) is 0 Å². The van der Waals surface area contributed by atoms with Crippen LogP contribution in [0.15, 0.2) is 88.7 Å². The Balaban J connectivity index is 1.59. The summed E-state index contributed by atoms with van der Waals surface area (Å²) in [6.45, 7) is -0.368. The average molecular weight is 378 g/mol. The summed E-state index contributed by atoms with van der Waals surface area (Å²) in [5.74, 6) is -0.975. The number of amides is 1. The number of carbonyl (C=O) groups is 2. The van der Waals surface area contributed by atoms with Crippen LogP contribution in [0.3, 0.4) is 0 Å². The highest BCUT2D eigenvalue weighted by Gasteiger charge is 2.12. The van der Waals surface area contributed by atoms with Crippen LogP contribution in [0, 0.1) is 0 Å². The molecule has 3 aromatic carbocycles. The summed E-state index contributed by atoms with van der Waals surface area (Å²) in [5, 5.41) is 2.79. The van der Waals surface area contributed by atoms with Crippen molar-refractivity contribution in [2.45, 2.75) is 9.79 Å². The lowest BCUT2D eigenvalue weighted by molar-refractivity contribution is -0.119. The zero-order valence-corrected chi connectivity index (χ0v) is 15.2. The second-order valence-corrected chi connectivity index (χ2v) is 6.77. The molecule has 0 radical (unpaired) electrons. The monoisotopic (exact) mass is 378 g/mol. The molecule has 3 N–H and O–H groups in total. The van der Waals surface area contributed by atoms with Crippen LogP contribution in [0.25, 0.3) is 0 Å². The number of anilines is 2. The molecule has 0 fully saturated rings. The zero-order valence-electron chi connectivity index (χ0n) is 14.4. The van der Waals surface area contributed by atoms with Gasteiger partial charge >= 0.3 is 5.97 Å². The summed E-state index contributed by atoms with van der Waals surface area (Å²) in [7, 11) is 0. The number of benzene rings is 3. The molecule has 0 aliphatic carbocycles. The van der Waals surface area contributed by atoms with Gasteiger partial charge in [-0.05, 0) is 48.5 Å². The SMILES string of the molecule is Nc1ccc(C(=O)OCC(=O)Nc2ccccc2Sc2ccccc2)cc1. The van der Waals surface area contributed by atoms with Gasteiger partial charge in [-0.25, -0.2) is 4.79 Å². The van der Waals surface area contributed by atoms with Crippen molar-refractivity contribution < 1.29 is 14.3 Å². The number of carbonyl (C=O) groups excluding carboxylic acids is 2. The van der Waals surface area contributed by atoms with E-state index in [2.05, 4.69) is 5.32 Å². The fourth-order valence-electron chi connectivity index (χ4n) is 2.29. The third-order valence-corrected chi connectivity index (χ3v) is 4.70. The van der Waals surface area contributed by atoms with E-state index in [9.17, 15) is 9.59 Å². The van der Waals surface area contributed by atoms with Crippen LogP contribution in [0.5, 0.6) is 0 Å². The van der Waals surface area contributed by atoms with Crippen molar-refractivity contribution in [1.82, 2.24) is 0 Å². The second kappa shape index (κ2) is 8.91. The number of nitrogen functional groups attached to an aromatic ring is 1. The number of esters is 1. The quantitative estimate of drug-likeness (QED) is 0.496. The fourth-order valence-corrected chi connectivity index (χ4v) is 3.22. The van der Waals surface area contributed by atoms with Crippen molar-refractivity contribution in [3.63, 3.8) is 0 Å². The maximum Gasteiger partial charge on any atom is 0.338 e. The predicted octanol–water partition coefficient (Wildman–Crippen LogP) is 4.22. The van der Waals surface area contributed by atoms with E-state index in [1.165, 1.54) is 0 Å². The molecule has 5 nitrogen and oxygen atoms in total. The van der Waals surface area contributed by atoms with Gasteiger partial charge in [-0.15, -0.1) is 0 Å². The summed E-state index contributed by atoms with van der Waals surface area (Å²) in [6.07, 6.45) is 0. The molecule has 0 saturated heterocycles. The van der Waals surface area contributed by atoms with Crippen LogP contribution < -0.4 is 11.1 Å². The first kappa shape index (κ1) is 18.5. The average Bonchev–Trinajstić information content (AvgIpc) is 2.69. The van der Waals surface area contributed by atoms with Gasteiger partial charge in [0.25, 0.3) is 5.91 Å². The van der Waals surface area contributed by atoms with Crippen molar-refractivity contribution in [1.29, 1.82) is 0 Å². The van der Waals surface area contributed by atoms with E-state index in [0.29, 0.717) is 16.9 Å². The van der Waals surface area contributed by atoms with Gasteiger partial charge in [0.2, 0.25) is 0 Å². The lowest BCUT2D eigenvalue weighted by Gasteiger charge is -2.11. The minimum atomic E-state index is -0.572. The number of nitrogens with one attached hydrogen (secondary N) is 1. The van der Waals surface area contributed by atoms with E-state index in [1.807, 2.05) is 54.6 Å². The molecule has 0 atom stereocenters. The molecule has 0 aromatic heterocycles. The molecule has 1 amide bonds.